The van der Waals surface area contributed by atoms with Gasteiger partial charge in [-0.3, -0.25) is 14.5 Å². The quantitative estimate of drug-likeness (QED) is 0.180. The minimum atomic E-state index is -0.822. The third-order valence-electron chi connectivity index (χ3n) is 6.01. The van der Waals surface area contributed by atoms with Gasteiger partial charge in [-0.05, 0) is 66.0 Å². The third kappa shape index (κ3) is 4.54. The lowest BCUT2D eigenvalue weighted by Gasteiger charge is -2.24. The molecule has 5 rings (SSSR count). The van der Waals surface area contributed by atoms with Gasteiger partial charge in [0.2, 0.25) is 0 Å². The van der Waals surface area contributed by atoms with Crippen LogP contribution >= 0.6 is 11.3 Å². The fourth-order valence-corrected chi connectivity index (χ4v) is 5.08. The maximum Gasteiger partial charge on any atom is 0.300 e. The number of hydrogen-bond acceptors (Lipinski definition) is 7. The molecule has 2 heterocycles. The minimum Gasteiger partial charge on any atom is -0.507 e. The molecule has 0 aliphatic carbocycles. The number of methoxy groups -OCH3 is 2. The highest BCUT2D eigenvalue weighted by Crippen LogP contribution is 2.45. The molecule has 1 unspecified atom stereocenters. The molecule has 8 heteroatoms. The van der Waals surface area contributed by atoms with Gasteiger partial charge in [-0.15, -0.1) is 11.3 Å². The summed E-state index contributed by atoms with van der Waals surface area (Å²) < 4.78 is 16.6. The Morgan fingerprint density at radius 2 is 1.54 bits per heavy atom. The number of aliphatic hydroxyl groups is 1. The molecule has 1 aromatic heterocycles. The lowest BCUT2D eigenvalue weighted by atomic mass is 9.99. The number of amides is 1. The van der Waals surface area contributed by atoms with Crippen LogP contribution in [0.4, 0.5) is 5.69 Å². The van der Waals surface area contributed by atoms with Crippen LogP contribution in [0.15, 0.2) is 95.9 Å². The molecule has 7 nitrogen and oxygen atoms in total. The van der Waals surface area contributed by atoms with E-state index >= 15 is 0 Å². The van der Waals surface area contributed by atoms with E-state index in [1.165, 1.54) is 30.5 Å². The van der Waals surface area contributed by atoms with Gasteiger partial charge in [-0.1, -0.05) is 24.3 Å². The number of benzene rings is 3. The van der Waals surface area contributed by atoms with Crippen molar-refractivity contribution in [3.8, 4) is 23.0 Å². The molecule has 3 aromatic carbocycles. The number of Topliss-reactive ketones (excluding diaryl/α,β-unsaturated/α-hetero) is 1. The number of aliphatic hydroxyl groups excluding tert-OH is 1. The molecule has 0 saturated carbocycles. The molecule has 0 bridgehead atoms. The van der Waals surface area contributed by atoms with E-state index in [0.29, 0.717) is 28.7 Å². The predicted molar refractivity (Wildman–Crippen MR) is 142 cm³/mol. The average molecular weight is 514 g/mol. The summed E-state index contributed by atoms with van der Waals surface area (Å²) in [4.78, 5) is 28.9. The van der Waals surface area contributed by atoms with Crippen molar-refractivity contribution in [3.05, 3.63) is 106 Å². The average Bonchev–Trinajstić information content (AvgIpc) is 3.56. The van der Waals surface area contributed by atoms with Crippen LogP contribution in [0, 0.1) is 0 Å². The number of thiophene rings is 1. The summed E-state index contributed by atoms with van der Waals surface area (Å²) in [6, 6.07) is 24.0. The summed E-state index contributed by atoms with van der Waals surface area (Å²) in [5, 5.41) is 13.3. The molecule has 1 fully saturated rings. The molecule has 1 aliphatic rings. The third-order valence-corrected chi connectivity index (χ3v) is 6.94. The van der Waals surface area contributed by atoms with Gasteiger partial charge in [0.15, 0.2) is 0 Å². The first kappa shape index (κ1) is 24.1. The van der Waals surface area contributed by atoms with E-state index in [-0.39, 0.29) is 16.9 Å². The van der Waals surface area contributed by atoms with E-state index in [1.807, 2.05) is 47.8 Å². The first-order chi connectivity index (χ1) is 18.0. The standard InChI is InChI=1S/C29H23NO6S/c1-34-21-14-15-23(35-2)22(17-21)27(31)25-26(24-9-6-16-37-24)30(29(33)28(25)32)18-10-12-20(13-11-18)36-19-7-4-3-5-8-19/h3-17,26,31H,1-2H3/b27-25-. The Balaban J connectivity index is 1.59. The number of ether oxygens (including phenoxy) is 3. The lowest BCUT2D eigenvalue weighted by molar-refractivity contribution is -0.132. The highest BCUT2D eigenvalue weighted by molar-refractivity contribution is 7.10. The molecule has 0 radical (unpaired) electrons. The van der Waals surface area contributed by atoms with Gasteiger partial charge in [0.1, 0.15) is 34.8 Å². The summed E-state index contributed by atoms with van der Waals surface area (Å²) in [6.45, 7) is 0. The number of carbonyl (C=O) groups excluding carboxylic acids is 2. The molecule has 4 aromatic rings. The van der Waals surface area contributed by atoms with Gasteiger partial charge in [0.05, 0.1) is 25.4 Å². The van der Waals surface area contributed by atoms with Crippen LogP contribution in [0.5, 0.6) is 23.0 Å². The van der Waals surface area contributed by atoms with Crippen molar-refractivity contribution in [1.82, 2.24) is 0 Å². The number of para-hydroxylation sites is 1. The van der Waals surface area contributed by atoms with Crippen LogP contribution in [0.2, 0.25) is 0 Å². The Morgan fingerprint density at radius 3 is 2.19 bits per heavy atom. The fraction of sp³-hybridized carbons (Fsp3) is 0.103. The smallest absolute Gasteiger partial charge is 0.300 e. The maximum atomic E-state index is 13.4. The highest BCUT2D eigenvalue weighted by Gasteiger charge is 2.47. The van der Waals surface area contributed by atoms with Crippen molar-refractivity contribution in [2.45, 2.75) is 6.04 Å². The molecular weight excluding hydrogens is 490 g/mol. The zero-order valence-electron chi connectivity index (χ0n) is 20.1. The van der Waals surface area contributed by atoms with Gasteiger partial charge >= 0.3 is 0 Å². The molecule has 1 aliphatic heterocycles. The number of ketones is 1. The zero-order valence-corrected chi connectivity index (χ0v) is 20.9. The van der Waals surface area contributed by atoms with Gasteiger partial charge < -0.3 is 19.3 Å². The van der Waals surface area contributed by atoms with E-state index in [4.69, 9.17) is 14.2 Å². The number of anilines is 1. The molecule has 1 atom stereocenters. The lowest BCUT2D eigenvalue weighted by Crippen LogP contribution is -2.29. The minimum absolute atomic E-state index is 0.0244. The van der Waals surface area contributed by atoms with Crippen molar-refractivity contribution < 1.29 is 28.9 Å². The number of carbonyl (C=O) groups is 2. The topological polar surface area (TPSA) is 85.3 Å². The van der Waals surface area contributed by atoms with Crippen LogP contribution < -0.4 is 19.1 Å². The molecule has 1 amide bonds. The Labute approximate surface area is 217 Å². The van der Waals surface area contributed by atoms with Gasteiger partial charge in [-0.2, -0.15) is 0 Å². The molecule has 1 N–H and O–H groups in total. The summed E-state index contributed by atoms with van der Waals surface area (Å²) in [5.41, 5.74) is 0.731. The maximum absolute atomic E-state index is 13.4. The SMILES string of the molecule is COc1ccc(OC)c(/C(O)=C2/C(=O)C(=O)N(c3ccc(Oc4ccccc4)cc3)C2c2cccs2)c1. The Bertz CT molecular complexity index is 1460. The normalized spacial score (nSPS) is 16.6. The zero-order chi connectivity index (χ0) is 25.9. The number of nitrogens with zero attached hydrogens (tertiary/aromatic N) is 1. The molecule has 186 valence electrons. The summed E-state index contributed by atoms with van der Waals surface area (Å²) in [6.07, 6.45) is 0. The van der Waals surface area contributed by atoms with Crippen molar-refractivity contribution in [2.75, 3.05) is 19.1 Å². The first-order valence-corrected chi connectivity index (χ1v) is 12.3. The van der Waals surface area contributed by atoms with Crippen LogP contribution in [0.1, 0.15) is 16.5 Å². The van der Waals surface area contributed by atoms with E-state index < -0.39 is 17.7 Å². The predicted octanol–water partition coefficient (Wildman–Crippen LogP) is 6.18. The molecule has 37 heavy (non-hydrogen) atoms. The van der Waals surface area contributed by atoms with Crippen molar-refractivity contribution in [1.29, 1.82) is 0 Å². The summed E-state index contributed by atoms with van der Waals surface area (Å²) in [5.74, 6) is 0.222. The van der Waals surface area contributed by atoms with Crippen molar-refractivity contribution in [3.63, 3.8) is 0 Å². The largest absolute Gasteiger partial charge is 0.507 e. The van der Waals surface area contributed by atoms with E-state index in [9.17, 15) is 14.7 Å². The van der Waals surface area contributed by atoms with Crippen LogP contribution in [0.25, 0.3) is 5.76 Å². The van der Waals surface area contributed by atoms with Gasteiger partial charge in [0.25, 0.3) is 11.7 Å². The number of hydrogen-bond donors (Lipinski definition) is 1. The molecule has 1 saturated heterocycles. The fourth-order valence-electron chi connectivity index (χ4n) is 4.26. The van der Waals surface area contributed by atoms with Gasteiger partial charge in [-0.25, -0.2) is 0 Å². The second kappa shape index (κ2) is 10.2. The van der Waals surface area contributed by atoms with Crippen molar-refractivity contribution in [2.24, 2.45) is 0 Å². The first-order valence-electron chi connectivity index (χ1n) is 11.4. The van der Waals surface area contributed by atoms with Crippen LogP contribution in [-0.4, -0.2) is 31.0 Å². The Kier molecular flexibility index (Phi) is 6.66. The second-order valence-electron chi connectivity index (χ2n) is 8.16. The second-order valence-corrected chi connectivity index (χ2v) is 9.14. The van der Waals surface area contributed by atoms with E-state index in [0.717, 1.165) is 4.88 Å². The van der Waals surface area contributed by atoms with Gasteiger partial charge in [0, 0.05) is 10.6 Å². The summed E-state index contributed by atoms with van der Waals surface area (Å²) >= 11 is 1.39. The summed E-state index contributed by atoms with van der Waals surface area (Å²) in [7, 11) is 2.97. The van der Waals surface area contributed by atoms with E-state index in [1.54, 1.807) is 42.5 Å². The van der Waals surface area contributed by atoms with Crippen LogP contribution in [-0.2, 0) is 9.59 Å². The molecule has 0 spiro atoms. The molecular formula is C29H23NO6S. The number of rotatable bonds is 7. The Morgan fingerprint density at radius 1 is 0.838 bits per heavy atom. The van der Waals surface area contributed by atoms with Crippen LogP contribution in [0.3, 0.4) is 0 Å². The highest BCUT2D eigenvalue weighted by atomic mass is 32.1. The van der Waals surface area contributed by atoms with E-state index in [2.05, 4.69) is 0 Å². The Hall–Kier alpha value is -4.56. The monoisotopic (exact) mass is 513 g/mol. The van der Waals surface area contributed by atoms with Crippen molar-refractivity contribution >= 4 is 34.5 Å².